The molecule has 3 aromatic rings. The molecule has 23 heavy (non-hydrogen) atoms. The van der Waals surface area contributed by atoms with Crippen molar-refractivity contribution < 1.29 is 0 Å². The molecule has 0 aromatic heterocycles. The molecular formula is C21H20N2. The first-order chi connectivity index (χ1) is 11.4. The predicted molar refractivity (Wildman–Crippen MR) is 99.8 cm³/mol. The van der Waals surface area contributed by atoms with E-state index in [1.807, 2.05) is 24.3 Å². The molecule has 0 saturated heterocycles. The van der Waals surface area contributed by atoms with Gasteiger partial charge in [-0.25, -0.2) is 0 Å². The Labute approximate surface area is 137 Å². The van der Waals surface area contributed by atoms with Crippen LogP contribution in [0.15, 0.2) is 97.6 Å². The van der Waals surface area contributed by atoms with Crippen LogP contribution in [0.4, 0.5) is 22.7 Å². The Morgan fingerprint density at radius 2 is 1.26 bits per heavy atom. The van der Waals surface area contributed by atoms with Crippen molar-refractivity contribution in [2.24, 2.45) is 0 Å². The van der Waals surface area contributed by atoms with Crippen molar-refractivity contribution >= 4 is 22.7 Å². The predicted octanol–water partition coefficient (Wildman–Crippen LogP) is 5.75. The lowest BCUT2D eigenvalue weighted by molar-refractivity contribution is 1.25. The summed E-state index contributed by atoms with van der Waals surface area (Å²) in [7, 11) is 0. The highest BCUT2D eigenvalue weighted by Crippen LogP contribution is 2.38. The summed E-state index contributed by atoms with van der Waals surface area (Å²) in [6, 6.07) is 29.1. The summed E-state index contributed by atoms with van der Waals surface area (Å²) in [4.78, 5) is 2.26. The number of nitrogens with one attached hydrogen (secondary N) is 1. The highest BCUT2D eigenvalue weighted by molar-refractivity contribution is 5.84. The number of anilines is 4. The smallest absolute Gasteiger partial charge is 0.0693 e. The van der Waals surface area contributed by atoms with Crippen LogP contribution >= 0.6 is 0 Å². The SMILES string of the molecule is C=CCNc1ccccc1N(c1ccccc1)c1ccccc1. The molecule has 0 atom stereocenters. The van der Waals surface area contributed by atoms with Gasteiger partial charge in [0, 0.05) is 17.9 Å². The van der Waals surface area contributed by atoms with Crippen LogP contribution in [-0.4, -0.2) is 6.54 Å². The van der Waals surface area contributed by atoms with Crippen LogP contribution in [0, 0.1) is 0 Å². The Morgan fingerprint density at radius 1 is 0.739 bits per heavy atom. The zero-order chi connectivity index (χ0) is 15.9. The molecule has 0 amide bonds. The molecule has 2 heteroatoms. The third-order valence-electron chi connectivity index (χ3n) is 3.61. The first-order valence-electron chi connectivity index (χ1n) is 7.74. The maximum Gasteiger partial charge on any atom is 0.0693 e. The van der Waals surface area contributed by atoms with Crippen LogP contribution in [0.5, 0.6) is 0 Å². The molecule has 3 aromatic carbocycles. The fourth-order valence-electron chi connectivity index (χ4n) is 2.58. The molecule has 114 valence electrons. The molecule has 0 aliphatic heterocycles. The Morgan fingerprint density at radius 3 is 1.83 bits per heavy atom. The molecule has 3 rings (SSSR count). The molecule has 0 aliphatic carbocycles. The molecule has 0 spiro atoms. The summed E-state index contributed by atoms with van der Waals surface area (Å²) < 4.78 is 0. The van der Waals surface area contributed by atoms with Crippen LogP contribution in [0.1, 0.15) is 0 Å². The lowest BCUT2D eigenvalue weighted by atomic mass is 10.1. The van der Waals surface area contributed by atoms with Crippen LogP contribution < -0.4 is 10.2 Å². The first kappa shape index (κ1) is 14.9. The standard InChI is InChI=1S/C21H20N2/c1-2-17-22-20-15-9-10-16-21(20)23(18-11-5-3-6-12-18)19-13-7-4-8-14-19/h2-16,22H,1,17H2. The van der Waals surface area contributed by atoms with Crippen molar-refractivity contribution in [3.63, 3.8) is 0 Å². The van der Waals surface area contributed by atoms with E-state index in [0.29, 0.717) is 0 Å². The van der Waals surface area contributed by atoms with Gasteiger partial charge in [0.25, 0.3) is 0 Å². The number of hydrogen-bond donors (Lipinski definition) is 1. The largest absolute Gasteiger partial charge is 0.380 e. The molecule has 0 bridgehead atoms. The second kappa shape index (κ2) is 7.32. The zero-order valence-corrected chi connectivity index (χ0v) is 13.0. The fourth-order valence-corrected chi connectivity index (χ4v) is 2.58. The van der Waals surface area contributed by atoms with Crippen LogP contribution in [0.2, 0.25) is 0 Å². The van der Waals surface area contributed by atoms with E-state index in [0.717, 1.165) is 29.3 Å². The fraction of sp³-hybridized carbons (Fsp3) is 0.0476. The minimum absolute atomic E-state index is 0.731. The summed E-state index contributed by atoms with van der Waals surface area (Å²) >= 11 is 0. The van der Waals surface area contributed by atoms with E-state index in [2.05, 4.69) is 83.5 Å². The van der Waals surface area contributed by atoms with E-state index in [1.54, 1.807) is 0 Å². The number of nitrogens with zero attached hydrogens (tertiary/aromatic N) is 1. The number of rotatable bonds is 6. The third-order valence-corrected chi connectivity index (χ3v) is 3.61. The number of benzene rings is 3. The topological polar surface area (TPSA) is 15.3 Å². The Balaban J connectivity index is 2.11. The van der Waals surface area contributed by atoms with Gasteiger partial charge in [-0.05, 0) is 36.4 Å². The van der Waals surface area contributed by atoms with Crippen molar-refractivity contribution in [1.29, 1.82) is 0 Å². The van der Waals surface area contributed by atoms with Crippen molar-refractivity contribution in [2.45, 2.75) is 0 Å². The van der Waals surface area contributed by atoms with Crippen LogP contribution in [-0.2, 0) is 0 Å². The van der Waals surface area contributed by atoms with Crippen molar-refractivity contribution in [3.8, 4) is 0 Å². The van der Waals surface area contributed by atoms with Gasteiger partial charge in [0.05, 0.1) is 11.4 Å². The van der Waals surface area contributed by atoms with Crippen LogP contribution in [0.3, 0.4) is 0 Å². The number of para-hydroxylation sites is 4. The zero-order valence-electron chi connectivity index (χ0n) is 13.0. The van der Waals surface area contributed by atoms with Gasteiger partial charge < -0.3 is 10.2 Å². The molecular weight excluding hydrogens is 280 g/mol. The van der Waals surface area contributed by atoms with Gasteiger partial charge in [0.15, 0.2) is 0 Å². The third kappa shape index (κ3) is 3.43. The summed E-state index contributed by atoms with van der Waals surface area (Å²) in [5, 5.41) is 3.42. The molecule has 0 unspecified atom stereocenters. The van der Waals surface area contributed by atoms with E-state index in [1.165, 1.54) is 0 Å². The summed E-state index contributed by atoms with van der Waals surface area (Å²) in [5.74, 6) is 0. The average Bonchev–Trinajstić information content (AvgIpc) is 2.63. The summed E-state index contributed by atoms with van der Waals surface area (Å²) in [6.45, 7) is 4.52. The molecule has 0 saturated carbocycles. The first-order valence-corrected chi connectivity index (χ1v) is 7.74. The molecule has 0 aliphatic rings. The highest BCUT2D eigenvalue weighted by atomic mass is 15.2. The van der Waals surface area contributed by atoms with Gasteiger partial charge in [0.1, 0.15) is 0 Å². The van der Waals surface area contributed by atoms with Gasteiger partial charge in [0.2, 0.25) is 0 Å². The highest BCUT2D eigenvalue weighted by Gasteiger charge is 2.14. The average molecular weight is 300 g/mol. The Bertz CT molecular complexity index is 712. The quantitative estimate of drug-likeness (QED) is 0.583. The minimum Gasteiger partial charge on any atom is -0.380 e. The van der Waals surface area contributed by atoms with E-state index in [-0.39, 0.29) is 0 Å². The van der Waals surface area contributed by atoms with Gasteiger partial charge in [-0.3, -0.25) is 0 Å². The van der Waals surface area contributed by atoms with E-state index in [4.69, 9.17) is 0 Å². The van der Waals surface area contributed by atoms with Crippen molar-refractivity contribution in [1.82, 2.24) is 0 Å². The molecule has 0 radical (unpaired) electrons. The lowest BCUT2D eigenvalue weighted by Crippen LogP contribution is -2.12. The Hall–Kier alpha value is -3.00. The lowest BCUT2D eigenvalue weighted by Gasteiger charge is -2.27. The van der Waals surface area contributed by atoms with Gasteiger partial charge in [-0.15, -0.1) is 6.58 Å². The normalized spacial score (nSPS) is 10.1. The van der Waals surface area contributed by atoms with Gasteiger partial charge in [-0.2, -0.15) is 0 Å². The maximum atomic E-state index is 3.79. The number of hydrogen-bond acceptors (Lipinski definition) is 2. The molecule has 1 N–H and O–H groups in total. The van der Waals surface area contributed by atoms with Gasteiger partial charge in [-0.1, -0.05) is 54.6 Å². The molecule has 2 nitrogen and oxygen atoms in total. The van der Waals surface area contributed by atoms with E-state index < -0.39 is 0 Å². The van der Waals surface area contributed by atoms with Crippen molar-refractivity contribution in [2.75, 3.05) is 16.8 Å². The maximum absolute atomic E-state index is 3.79. The molecule has 0 fully saturated rings. The molecule has 0 heterocycles. The van der Waals surface area contributed by atoms with E-state index >= 15 is 0 Å². The van der Waals surface area contributed by atoms with Crippen molar-refractivity contribution in [3.05, 3.63) is 97.6 Å². The van der Waals surface area contributed by atoms with Gasteiger partial charge >= 0.3 is 0 Å². The van der Waals surface area contributed by atoms with E-state index in [9.17, 15) is 0 Å². The second-order valence-corrected chi connectivity index (χ2v) is 5.19. The second-order valence-electron chi connectivity index (χ2n) is 5.19. The summed E-state index contributed by atoms with van der Waals surface area (Å²) in [5.41, 5.74) is 4.46. The summed E-state index contributed by atoms with van der Waals surface area (Å²) in [6.07, 6.45) is 1.87. The monoisotopic (exact) mass is 300 g/mol. The van der Waals surface area contributed by atoms with Crippen LogP contribution in [0.25, 0.3) is 0 Å². The minimum atomic E-state index is 0.731. The Kier molecular flexibility index (Phi) is 4.75.